The summed E-state index contributed by atoms with van der Waals surface area (Å²) in [5.74, 6) is 0.366. The van der Waals surface area contributed by atoms with E-state index in [-0.39, 0.29) is 33.4 Å². The number of aliphatic hydroxyl groups excluding tert-OH is 1. The molecule has 1 aliphatic carbocycles. The van der Waals surface area contributed by atoms with E-state index < -0.39 is 10.0 Å². The highest BCUT2D eigenvalue weighted by molar-refractivity contribution is 7.89. The summed E-state index contributed by atoms with van der Waals surface area (Å²) in [6.45, 7) is 0.438. The highest BCUT2D eigenvalue weighted by Crippen LogP contribution is 2.31. The van der Waals surface area contributed by atoms with Gasteiger partial charge in [-0.15, -0.1) is 0 Å². The first-order valence-corrected chi connectivity index (χ1v) is 8.73. The summed E-state index contributed by atoms with van der Waals surface area (Å²) in [7, 11) is -3.62. The Morgan fingerprint density at radius 3 is 2.35 bits per heavy atom. The molecular formula is C13H17Cl2NO3S. The molecule has 1 aliphatic rings. The van der Waals surface area contributed by atoms with Gasteiger partial charge in [0.05, 0.1) is 4.90 Å². The number of hydrogen-bond donors (Lipinski definition) is 2. The minimum absolute atomic E-state index is 0.0635. The van der Waals surface area contributed by atoms with Crippen LogP contribution in [-0.2, 0) is 10.0 Å². The molecule has 1 aromatic rings. The first kappa shape index (κ1) is 16.0. The lowest BCUT2D eigenvalue weighted by Gasteiger charge is -2.18. The van der Waals surface area contributed by atoms with Gasteiger partial charge < -0.3 is 5.11 Å². The molecule has 1 fully saturated rings. The predicted molar refractivity (Wildman–Crippen MR) is 79.6 cm³/mol. The van der Waals surface area contributed by atoms with Crippen molar-refractivity contribution in [2.45, 2.75) is 24.2 Å². The zero-order valence-corrected chi connectivity index (χ0v) is 13.2. The third-order valence-corrected chi connectivity index (χ3v) is 5.57. The third-order valence-electron chi connectivity index (χ3n) is 3.73. The number of hydrogen-bond acceptors (Lipinski definition) is 3. The monoisotopic (exact) mass is 337 g/mol. The van der Waals surface area contributed by atoms with Crippen LogP contribution in [0.15, 0.2) is 23.1 Å². The Balaban J connectivity index is 2.07. The van der Waals surface area contributed by atoms with E-state index >= 15 is 0 Å². The van der Waals surface area contributed by atoms with Crippen LogP contribution in [0.4, 0.5) is 0 Å². The number of benzene rings is 1. The van der Waals surface area contributed by atoms with E-state index in [4.69, 9.17) is 23.2 Å². The van der Waals surface area contributed by atoms with Crippen LogP contribution in [0.5, 0.6) is 0 Å². The van der Waals surface area contributed by atoms with Crippen LogP contribution in [0.1, 0.15) is 19.3 Å². The van der Waals surface area contributed by atoms with Crippen molar-refractivity contribution < 1.29 is 13.5 Å². The average molecular weight is 338 g/mol. The first-order valence-electron chi connectivity index (χ1n) is 6.49. The second kappa shape index (κ2) is 6.62. The number of sulfonamides is 1. The molecule has 2 atom stereocenters. The number of rotatable bonds is 5. The van der Waals surface area contributed by atoms with Crippen LogP contribution >= 0.6 is 23.2 Å². The molecule has 7 heteroatoms. The van der Waals surface area contributed by atoms with Crippen molar-refractivity contribution in [3.8, 4) is 0 Å². The van der Waals surface area contributed by atoms with Crippen molar-refractivity contribution in [1.82, 2.24) is 4.72 Å². The lowest BCUT2D eigenvalue weighted by molar-refractivity contribution is 0.195. The van der Waals surface area contributed by atoms with Gasteiger partial charge in [0.15, 0.2) is 0 Å². The summed E-state index contributed by atoms with van der Waals surface area (Å²) in [6, 6.07) is 4.22. The number of halogens is 2. The molecule has 1 aromatic carbocycles. The van der Waals surface area contributed by atoms with Gasteiger partial charge in [0.25, 0.3) is 0 Å². The predicted octanol–water partition coefficient (Wildman–Crippen LogP) is 2.68. The minimum atomic E-state index is -3.62. The summed E-state index contributed by atoms with van der Waals surface area (Å²) in [5, 5.41) is 9.81. The van der Waals surface area contributed by atoms with Crippen LogP contribution in [0, 0.1) is 11.8 Å². The fourth-order valence-electron chi connectivity index (χ4n) is 2.61. The molecule has 1 saturated carbocycles. The van der Waals surface area contributed by atoms with Crippen molar-refractivity contribution in [2.75, 3.05) is 13.2 Å². The van der Waals surface area contributed by atoms with Crippen LogP contribution in [0.2, 0.25) is 10.0 Å². The Morgan fingerprint density at radius 1 is 1.15 bits per heavy atom. The number of nitrogens with one attached hydrogen (secondary N) is 1. The standard InChI is InChI=1S/C13H17Cl2NO3S/c14-11-4-12(15)6-13(5-11)20(18,19)16-7-9-2-1-3-10(9)8-17/h4-6,9-10,16-17H,1-3,7-8H2. The van der Waals surface area contributed by atoms with Crippen LogP contribution in [0.25, 0.3) is 0 Å². The highest BCUT2D eigenvalue weighted by atomic mass is 35.5. The molecule has 0 bridgehead atoms. The largest absolute Gasteiger partial charge is 0.396 e. The third kappa shape index (κ3) is 3.86. The Kier molecular flexibility index (Phi) is 5.31. The fourth-order valence-corrected chi connectivity index (χ4v) is 4.43. The smallest absolute Gasteiger partial charge is 0.240 e. The molecule has 0 aliphatic heterocycles. The fraction of sp³-hybridized carbons (Fsp3) is 0.538. The van der Waals surface area contributed by atoms with Crippen LogP contribution < -0.4 is 4.72 Å². The maximum Gasteiger partial charge on any atom is 0.240 e. The molecule has 2 N–H and O–H groups in total. The summed E-state index contributed by atoms with van der Waals surface area (Å²) in [6.07, 6.45) is 2.91. The number of aliphatic hydroxyl groups is 1. The van der Waals surface area contributed by atoms with E-state index in [9.17, 15) is 13.5 Å². The van der Waals surface area contributed by atoms with E-state index in [2.05, 4.69) is 4.72 Å². The van der Waals surface area contributed by atoms with Gasteiger partial charge in [-0.05, 0) is 42.9 Å². The van der Waals surface area contributed by atoms with E-state index in [1.165, 1.54) is 18.2 Å². The van der Waals surface area contributed by atoms with Crippen molar-refractivity contribution in [3.63, 3.8) is 0 Å². The van der Waals surface area contributed by atoms with Gasteiger partial charge >= 0.3 is 0 Å². The van der Waals surface area contributed by atoms with Gasteiger partial charge in [-0.3, -0.25) is 0 Å². The maximum absolute atomic E-state index is 12.2. The highest BCUT2D eigenvalue weighted by Gasteiger charge is 2.28. The molecule has 0 radical (unpaired) electrons. The summed E-state index contributed by atoms with van der Waals surface area (Å²) in [4.78, 5) is 0.0635. The molecule has 0 saturated heterocycles. The quantitative estimate of drug-likeness (QED) is 0.867. The van der Waals surface area contributed by atoms with Crippen molar-refractivity contribution in [1.29, 1.82) is 0 Å². The normalized spacial score (nSPS) is 23.1. The molecular weight excluding hydrogens is 321 g/mol. The van der Waals surface area contributed by atoms with Gasteiger partial charge in [-0.25, -0.2) is 13.1 Å². The molecule has 0 amide bonds. The molecule has 0 heterocycles. The Bertz CT molecular complexity index is 557. The Morgan fingerprint density at radius 2 is 1.75 bits per heavy atom. The second-order valence-corrected chi connectivity index (χ2v) is 7.73. The summed E-state index contributed by atoms with van der Waals surface area (Å²) >= 11 is 11.6. The Hall–Kier alpha value is -0.330. The summed E-state index contributed by atoms with van der Waals surface area (Å²) in [5.41, 5.74) is 0. The van der Waals surface area contributed by atoms with E-state index in [0.29, 0.717) is 6.54 Å². The zero-order chi connectivity index (χ0) is 14.8. The van der Waals surface area contributed by atoms with Gasteiger partial charge in [0.2, 0.25) is 10.0 Å². The molecule has 4 nitrogen and oxygen atoms in total. The molecule has 2 rings (SSSR count). The minimum Gasteiger partial charge on any atom is -0.396 e. The van der Waals surface area contributed by atoms with Crippen molar-refractivity contribution in [3.05, 3.63) is 28.2 Å². The van der Waals surface area contributed by atoms with E-state index in [1.54, 1.807) is 0 Å². The van der Waals surface area contributed by atoms with Gasteiger partial charge in [0, 0.05) is 23.2 Å². The van der Waals surface area contributed by atoms with Gasteiger partial charge in [-0.2, -0.15) is 0 Å². The molecule has 2 unspecified atom stereocenters. The summed E-state index contributed by atoms with van der Waals surface area (Å²) < 4.78 is 27.0. The SMILES string of the molecule is O=S(=O)(NCC1CCCC1CO)c1cc(Cl)cc(Cl)c1. The molecule has 0 aromatic heterocycles. The van der Waals surface area contributed by atoms with Crippen LogP contribution in [0.3, 0.4) is 0 Å². The zero-order valence-electron chi connectivity index (χ0n) is 10.9. The van der Waals surface area contributed by atoms with E-state index in [0.717, 1.165) is 19.3 Å². The van der Waals surface area contributed by atoms with Crippen molar-refractivity contribution >= 4 is 33.2 Å². The van der Waals surface area contributed by atoms with Gasteiger partial charge in [-0.1, -0.05) is 29.6 Å². The van der Waals surface area contributed by atoms with E-state index in [1.807, 2.05) is 0 Å². The maximum atomic E-state index is 12.2. The first-order chi connectivity index (χ1) is 9.42. The Labute approximate surface area is 129 Å². The molecule has 0 spiro atoms. The van der Waals surface area contributed by atoms with Crippen molar-refractivity contribution in [2.24, 2.45) is 11.8 Å². The molecule has 20 heavy (non-hydrogen) atoms. The lowest BCUT2D eigenvalue weighted by Crippen LogP contribution is -2.31. The van der Waals surface area contributed by atoms with Gasteiger partial charge in [0.1, 0.15) is 0 Å². The second-order valence-electron chi connectivity index (χ2n) is 5.09. The van der Waals surface area contributed by atoms with Crippen LogP contribution in [-0.4, -0.2) is 26.7 Å². The molecule has 112 valence electrons. The topological polar surface area (TPSA) is 66.4 Å². The average Bonchev–Trinajstić information content (AvgIpc) is 2.82. The lowest BCUT2D eigenvalue weighted by atomic mass is 9.97.